The summed E-state index contributed by atoms with van der Waals surface area (Å²) >= 11 is 4.81. The first-order valence-electron chi connectivity index (χ1n) is 7.04. The van der Waals surface area contributed by atoms with Crippen LogP contribution in [0.3, 0.4) is 0 Å². The maximum Gasteiger partial charge on any atom is 0.242 e. The summed E-state index contributed by atoms with van der Waals surface area (Å²) in [7, 11) is -3.76. The molecule has 0 aliphatic carbocycles. The lowest BCUT2D eigenvalue weighted by molar-refractivity contribution is -0.117. The molecule has 2 aromatic carbocycles. The predicted octanol–water partition coefficient (Wildman–Crippen LogP) is 3.48. The molecule has 5 nitrogen and oxygen atoms in total. The highest BCUT2D eigenvalue weighted by atomic mass is 79.9. The largest absolute Gasteiger partial charge is 0.325 e. The molecular weight excluding hydrogens is 412 g/mol. The Morgan fingerprint density at radius 1 is 1.17 bits per heavy atom. The molecule has 128 valence electrons. The van der Waals surface area contributed by atoms with Crippen molar-refractivity contribution in [2.75, 3.05) is 11.6 Å². The highest BCUT2D eigenvalue weighted by Crippen LogP contribution is 2.19. The minimum absolute atomic E-state index is 0.106. The van der Waals surface area contributed by atoms with E-state index in [-0.39, 0.29) is 4.90 Å². The summed E-state index contributed by atoms with van der Waals surface area (Å²) in [6.07, 6.45) is 1.94. The van der Waals surface area contributed by atoms with Crippen molar-refractivity contribution >= 4 is 49.3 Å². The molecule has 8 heteroatoms. The third-order valence-electron chi connectivity index (χ3n) is 3.19. The topological polar surface area (TPSA) is 75.3 Å². The van der Waals surface area contributed by atoms with Gasteiger partial charge in [0.25, 0.3) is 0 Å². The first kappa shape index (κ1) is 19.0. The smallest absolute Gasteiger partial charge is 0.242 e. The fraction of sp³-hybridized carbons (Fsp3) is 0.188. The molecule has 24 heavy (non-hydrogen) atoms. The molecule has 0 heterocycles. The van der Waals surface area contributed by atoms with Crippen LogP contribution >= 0.6 is 27.7 Å². The third kappa shape index (κ3) is 5.07. The van der Waals surface area contributed by atoms with Gasteiger partial charge in [-0.1, -0.05) is 22.0 Å². The molecule has 0 aliphatic rings. The summed E-state index contributed by atoms with van der Waals surface area (Å²) in [6.45, 7) is 1.50. The zero-order valence-corrected chi connectivity index (χ0v) is 16.3. The number of nitrogens with one attached hydrogen (secondary N) is 2. The molecule has 0 radical (unpaired) electrons. The first-order valence-corrected chi connectivity index (χ1v) is 10.5. The van der Waals surface area contributed by atoms with E-state index < -0.39 is 22.0 Å². The Balaban J connectivity index is 2.06. The Morgan fingerprint density at radius 3 is 2.46 bits per heavy atom. The second kappa shape index (κ2) is 8.15. The fourth-order valence-electron chi connectivity index (χ4n) is 1.92. The molecule has 1 amide bonds. The van der Waals surface area contributed by atoms with Crippen LogP contribution in [0.25, 0.3) is 0 Å². The van der Waals surface area contributed by atoms with E-state index >= 15 is 0 Å². The minimum Gasteiger partial charge on any atom is -0.325 e. The van der Waals surface area contributed by atoms with E-state index in [0.29, 0.717) is 5.69 Å². The van der Waals surface area contributed by atoms with E-state index in [4.69, 9.17) is 0 Å². The molecule has 2 N–H and O–H groups in total. The van der Waals surface area contributed by atoms with Crippen LogP contribution in [0, 0.1) is 0 Å². The minimum atomic E-state index is -3.76. The molecule has 0 unspecified atom stereocenters. The number of rotatable bonds is 6. The Bertz CT molecular complexity index is 823. The van der Waals surface area contributed by atoms with Gasteiger partial charge in [0, 0.05) is 15.1 Å². The predicted molar refractivity (Wildman–Crippen MR) is 101 cm³/mol. The van der Waals surface area contributed by atoms with Gasteiger partial charge in [0.1, 0.15) is 0 Å². The summed E-state index contributed by atoms with van der Waals surface area (Å²) in [5, 5.41) is 2.71. The van der Waals surface area contributed by atoms with E-state index in [9.17, 15) is 13.2 Å². The Morgan fingerprint density at radius 2 is 1.83 bits per heavy atom. The Labute approximate surface area is 154 Å². The highest BCUT2D eigenvalue weighted by Gasteiger charge is 2.22. The van der Waals surface area contributed by atoms with Crippen molar-refractivity contribution in [3.63, 3.8) is 0 Å². The number of sulfonamides is 1. The quantitative estimate of drug-likeness (QED) is 0.690. The molecule has 0 aromatic heterocycles. The summed E-state index contributed by atoms with van der Waals surface area (Å²) < 4.78 is 27.8. The van der Waals surface area contributed by atoms with Crippen molar-refractivity contribution in [2.24, 2.45) is 0 Å². The molecule has 1 atom stereocenters. The molecular formula is C16H17BrN2O3S2. The van der Waals surface area contributed by atoms with Gasteiger partial charge < -0.3 is 5.32 Å². The summed E-state index contributed by atoms with van der Waals surface area (Å²) in [6, 6.07) is 12.7. The number of carbonyl (C=O) groups excluding carboxylic acids is 1. The van der Waals surface area contributed by atoms with Gasteiger partial charge in [-0.25, -0.2) is 8.42 Å². The van der Waals surface area contributed by atoms with Crippen molar-refractivity contribution in [3.05, 3.63) is 53.0 Å². The molecule has 2 rings (SSSR count). The van der Waals surface area contributed by atoms with E-state index in [1.807, 2.05) is 24.5 Å². The van der Waals surface area contributed by atoms with Crippen LogP contribution in [-0.2, 0) is 14.8 Å². The number of benzene rings is 2. The second-order valence-corrected chi connectivity index (χ2v) is 8.53. The normalized spacial score (nSPS) is 12.6. The lowest BCUT2D eigenvalue weighted by atomic mass is 10.3. The van der Waals surface area contributed by atoms with Gasteiger partial charge in [-0.3, -0.25) is 4.79 Å². The van der Waals surface area contributed by atoms with Gasteiger partial charge in [0.15, 0.2) is 0 Å². The molecule has 0 saturated heterocycles. The van der Waals surface area contributed by atoms with E-state index in [2.05, 4.69) is 26.0 Å². The average Bonchev–Trinajstić information content (AvgIpc) is 2.55. The molecule has 0 fully saturated rings. The number of amides is 1. The van der Waals surface area contributed by atoms with Crippen LogP contribution in [0.1, 0.15) is 6.92 Å². The average molecular weight is 429 g/mol. The lowest BCUT2D eigenvalue weighted by Crippen LogP contribution is -2.41. The van der Waals surface area contributed by atoms with Gasteiger partial charge in [0.05, 0.1) is 10.9 Å². The Kier molecular flexibility index (Phi) is 6.45. The maximum atomic E-state index is 12.3. The van der Waals surface area contributed by atoms with Gasteiger partial charge in [-0.2, -0.15) is 4.72 Å². The van der Waals surface area contributed by atoms with E-state index in [1.54, 1.807) is 30.0 Å². The van der Waals surface area contributed by atoms with Crippen LogP contribution in [0.5, 0.6) is 0 Å². The van der Waals surface area contributed by atoms with Gasteiger partial charge in [-0.15, -0.1) is 11.8 Å². The molecule has 0 bridgehead atoms. The first-order chi connectivity index (χ1) is 11.3. The van der Waals surface area contributed by atoms with E-state index in [0.717, 1.165) is 9.37 Å². The number of carbonyl (C=O) groups is 1. The van der Waals surface area contributed by atoms with Gasteiger partial charge >= 0.3 is 0 Å². The zero-order chi connectivity index (χ0) is 17.7. The van der Waals surface area contributed by atoms with Crippen molar-refractivity contribution in [3.8, 4) is 0 Å². The molecule has 0 saturated carbocycles. The summed E-state index contributed by atoms with van der Waals surface area (Å²) in [5.74, 6) is -0.422. The van der Waals surface area contributed by atoms with Crippen molar-refractivity contribution in [1.29, 1.82) is 0 Å². The van der Waals surface area contributed by atoms with Crippen molar-refractivity contribution in [1.82, 2.24) is 4.72 Å². The Hall–Kier alpha value is -1.35. The molecule has 0 aliphatic heterocycles. The number of hydrogen-bond acceptors (Lipinski definition) is 4. The summed E-state index contributed by atoms with van der Waals surface area (Å²) in [5.41, 5.74) is 0.626. The standard InChI is InChI=1S/C16H17BrN2O3S2/c1-11(16(20)18-13-4-3-5-14(10-13)23-2)19-24(21,22)15-8-6-12(17)7-9-15/h3-11,19H,1-2H3,(H,18,20)/t11-/m1/s1. The summed E-state index contributed by atoms with van der Waals surface area (Å²) in [4.78, 5) is 13.3. The number of hydrogen-bond donors (Lipinski definition) is 2. The second-order valence-electron chi connectivity index (χ2n) is 5.02. The van der Waals surface area contributed by atoms with E-state index in [1.165, 1.54) is 19.1 Å². The highest BCUT2D eigenvalue weighted by molar-refractivity contribution is 9.10. The monoisotopic (exact) mass is 428 g/mol. The van der Waals surface area contributed by atoms with Gasteiger partial charge in [0.2, 0.25) is 15.9 Å². The van der Waals surface area contributed by atoms with Crippen LogP contribution in [0.2, 0.25) is 0 Å². The SMILES string of the molecule is CSc1cccc(NC(=O)[C@@H](C)NS(=O)(=O)c2ccc(Br)cc2)c1. The zero-order valence-electron chi connectivity index (χ0n) is 13.1. The van der Waals surface area contributed by atoms with Crippen LogP contribution < -0.4 is 10.0 Å². The van der Waals surface area contributed by atoms with Crippen molar-refractivity contribution < 1.29 is 13.2 Å². The van der Waals surface area contributed by atoms with Crippen molar-refractivity contribution in [2.45, 2.75) is 22.8 Å². The maximum absolute atomic E-state index is 12.3. The molecule has 0 spiro atoms. The van der Waals surface area contributed by atoms with Gasteiger partial charge in [-0.05, 0) is 55.6 Å². The lowest BCUT2D eigenvalue weighted by Gasteiger charge is -2.15. The number of thioether (sulfide) groups is 1. The molecule has 2 aromatic rings. The van der Waals surface area contributed by atoms with Crippen LogP contribution in [0.15, 0.2) is 62.8 Å². The van der Waals surface area contributed by atoms with Crippen LogP contribution in [-0.4, -0.2) is 26.6 Å². The van der Waals surface area contributed by atoms with Crippen LogP contribution in [0.4, 0.5) is 5.69 Å². The third-order valence-corrected chi connectivity index (χ3v) is 6.00. The fourth-order valence-corrected chi connectivity index (χ4v) is 3.85. The number of anilines is 1. The number of halogens is 1.